The van der Waals surface area contributed by atoms with Gasteiger partial charge in [-0.25, -0.2) is 0 Å². The molecular weight excluding hydrogens is 316 g/mol. The molecule has 2 heterocycles. The molecule has 0 radical (unpaired) electrons. The van der Waals surface area contributed by atoms with E-state index in [1.54, 1.807) is 11.3 Å². The van der Waals surface area contributed by atoms with Gasteiger partial charge in [0.25, 0.3) is 0 Å². The topological polar surface area (TPSA) is 34.1 Å². The van der Waals surface area contributed by atoms with Gasteiger partial charge in [-0.15, -0.1) is 11.3 Å². The van der Waals surface area contributed by atoms with E-state index in [2.05, 4.69) is 47.7 Å². The van der Waals surface area contributed by atoms with Gasteiger partial charge in [0, 0.05) is 34.5 Å². The summed E-state index contributed by atoms with van der Waals surface area (Å²) in [4.78, 5) is 5.47. The molecule has 2 aromatic heterocycles. The summed E-state index contributed by atoms with van der Waals surface area (Å²) >= 11 is 1.75. The van der Waals surface area contributed by atoms with Gasteiger partial charge in [0.2, 0.25) is 0 Å². The Labute approximate surface area is 147 Å². The van der Waals surface area contributed by atoms with Crippen molar-refractivity contribution in [3.05, 3.63) is 59.0 Å². The number of benzene rings is 1. The van der Waals surface area contributed by atoms with E-state index in [1.165, 1.54) is 4.88 Å². The highest BCUT2D eigenvalue weighted by Crippen LogP contribution is 2.32. The third-order valence-electron chi connectivity index (χ3n) is 3.91. The van der Waals surface area contributed by atoms with Crippen molar-refractivity contribution in [3.8, 4) is 5.75 Å². The standard InChI is InChI=1S/C20H24N2OS/c1-15(2)13-21-11-9-19(20-7-4-12-24-20)23-18-6-3-5-16-14-22-10-8-17(16)18/h3-8,10,12,14-15,19,21H,9,11,13H2,1-2H3. The Balaban J connectivity index is 1.76. The van der Waals surface area contributed by atoms with Crippen LogP contribution in [0.15, 0.2) is 54.2 Å². The van der Waals surface area contributed by atoms with Gasteiger partial charge in [0.15, 0.2) is 0 Å². The van der Waals surface area contributed by atoms with Crippen LogP contribution in [0.5, 0.6) is 5.75 Å². The van der Waals surface area contributed by atoms with Crippen molar-refractivity contribution in [1.29, 1.82) is 0 Å². The Morgan fingerprint density at radius 2 is 2.08 bits per heavy atom. The smallest absolute Gasteiger partial charge is 0.134 e. The lowest BCUT2D eigenvalue weighted by atomic mass is 10.1. The predicted octanol–water partition coefficient (Wildman–Crippen LogP) is 5.05. The number of nitrogens with zero attached hydrogens (tertiary/aromatic N) is 1. The first kappa shape index (κ1) is 16.9. The molecule has 0 spiro atoms. The molecule has 0 saturated carbocycles. The number of hydrogen-bond acceptors (Lipinski definition) is 4. The van der Waals surface area contributed by atoms with Gasteiger partial charge >= 0.3 is 0 Å². The zero-order chi connectivity index (χ0) is 16.8. The minimum absolute atomic E-state index is 0.0726. The number of aromatic nitrogens is 1. The maximum absolute atomic E-state index is 6.42. The van der Waals surface area contributed by atoms with Crippen LogP contribution in [0.2, 0.25) is 0 Å². The molecule has 1 N–H and O–H groups in total. The molecule has 3 rings (SSSR count). The van der Waals surface area contributed by atoms with Gasteiger partial charge in [0.1, 0.15) is 11.9 Å². The van der Waals surface area contributed by atoms with Crippen LogP contribution in [0.4, 0.5) is 0 Å². The van der Waals surface area contributed by atoms with Crippen molar-refractivity contribution in [2.75, 3.05) is 13.1 Å². The van der Waals surface area contributed by atoms with E-state index in [0.29, 0.717) is 5.92 Å². The first-order valence-electron chi connectivity index (χ1n) is 8.47. The van der Waals surface area contributed by atoms with Crippen LogP contribution in [0, 0.1) is 5.92 Å². The highest BCUT2D eigenvalue weighted by Gasteiger charge is 2.16. The molecule has 0 aliphatic carbocycles. The van der Waals surface area contributed by atoms with Crippen LogP contribution in [0.1, 0.15) is 31.2 Å². The number of fused-ring (bicyclic) bond motifs is 1. The molecule has 1 atom stereocenters. The van der Waals surface area contributed by atoms with Gasteiger partial charge in [0.05, 0.1) is 0 Å². The minimum atomic E-state index is 0.0726. The summed E-state index contributed by atoms with van der Waals surface area (Å²) in [5, 5.41) is 7.85. The third-order valence-corrected chi connectivity index (χ3v) is 4.87. The van der Waals surface area contributed by atoms with Gasteiger partial charge < -0.3 is 10.1 Å². The van der Waals surface area contributed by atoms with E-state index >= 15 is 0 Å². The van der Waals surface area contributed by atoms with E-state index in [-0.39, 0.29) is 6.10 Å². The van der Waals surface area contributed by atoms with Gasteiger partial charge in [-0.3, -0.25) is 4.98 Å². The van der Waals surface area contributed by atoms with Crippen molar-refractivity contribution in [1.82, 2.24) is 10.3 Å². The molecule has 126 valence electrons. The Morgan fingerprint density at radius 3 is 2.88 bits per heavy atom. The van der Waals surface area contributed by atoms with Crippen molar-refractivity contribution < 1.29 is 4.74 Å². The van der Waals surface area contributed by atoms with Crippen LogP contribution in [0.3, 0.4) is 0 Å². The Morgan fingerprint density at radius 1 is 1.17 bits per heavy atom. The molecule has 0 aliphatic heterocycles. The van der Waals surface area contributed by atoms with Gasteiger partial charge in [-0.2, -0.15) is 0 Å². The zero-order valence-corrected chi connectivity index (χ0v) is 15.1. The van der Waals surface area contributed by atoms with Crippen LogP contribution < -0.4 is 10.1 Å². The highest BCUT2D eigenvalue weighted by molar-refractivity contribution is 7.10. The average molecular weight is 340 g/mol. The molecule has 24 heavy (non-hydrogen) atoms. The van der Waals surface area contributed by atoms with Crippen molar-refractivity contribution >= 4 is 22.1 Å². The maximum Gasteiger partial charge on any atom is 0.134 e. The van der Waals surface area contributed by atoms with Crippen LogP contribution >= 0.6 is 11.3 Å². The summed E-state index contributed by atoms with van der Waals surface area (Å²) in [6.45, 7) is 6.44. The fraction of sp³-hybridized carbons (Fsp3) is 0.350. The van der Waals surface area contributed by atoms with Gasteiger partial charge in [-0.05, 0) is 42.6 Å². The molecule has 4 heteroatoms. The molecule has 0 fully saturated rings. The van der Waals surface area contributed by atoms with E-state index in [1.807, 2.05) is 30.6 Å². The van der Waals surface area contributed by atoms with Crippen molar-refractivity contribution in [2.24, 2.45) is 5.92 Å². The summed E-state index contributed by atoms with van der Waals surface area (Å²) in [7, 11) is 0. The summed E-state index contributed by atoms with van der Waals surface area (Å²) < 4.78 is 6.42. The maximum atomic E-state index is 6.42. The first-order chi connectivity index (χ1) is 11.7. The second-order valence-corrected chi connectivity index (χ2v) is 7.34. The molecule has 0 aliphatic rings. The Kier molecular flexibility index (Phi) is 5.83. The molecule has 1 aromatic carbocycles. The van der Waals surface area contributed by atoms with Gasteiger partial charge in [-0.1, -0.05) is 32.0 Å². The second kappa shape index (κ2) is 8.27. The first-order valence-corrected chi connectivity index (χ1v) is 9.35. The number of thiophene rings is 1. The summed E-state index contributed by atoms with van der Waals surface area (Å²) in [6, 6.07) is 12.4. The monoisotopic (exact) mass is 340 g/mol. The number of rotatable bonds is 8. The van der Waals surface area contributed by atoms with Crippen LogP contribution in [-0.2, 0) is 0 Å². The summed E-state index contributed by atoms with van der Waals surface area (Å²) in [5.41, 5.74) is 0. The van der Waals surface area contributed by atoms with Crippen molar-refractivity contribution in [3.63, 3.8) is 0 Å². The quantitative estimate of drug-likeness (QED) is 0.583. The largest absolute Gasteiger partial charge is 0.484 e. The zero-order valence-electron chi connectivity index (χ0n) is 14.2. The molecule has 0 amide bonds. The normalized spacial score (nSPS) is 12.6. The Bertz CT molecular complexity index is 750. The highest BCUT2D eigenvalue weighted by atomic mass is 32.1. The van der Waals surface area contributed by atoms with E-state index < -0.39 is 0 Å². The van der Waals surface area contributed by atoms with Crippen LogP contribution in [-0.4, -0.2) is 18.1 Å². The summed E-state index contributed by atoms with van der Waals surface area (Å²) in [6.07, 6.45) is 4.73. The van der Waals surface area contributed by atoms with Crippen LogP contribution in [0.25, 0.3) is 10.8 Å². The fourth-order valence-corrected chi connectivity index (χ4v) is 3.50. The lowest BCUT2D eigenvalue weighted by Crippen LogP contribution is -2.23. The second-order valence-electron chi connectivity index (χ2n) is 6.36. The molecule has 0 saturated heterocycles. The third kappa shape index (κ3) is 4.34. The lowest BCUT2D eigenvalue weighted by molar-refractivity contribution is 0.200. The number of hydrogen-bond donors (Lipinski definition) is 1. The van der Waals surface area contributed by atoms with Crippen molar-refractivity contribution in [2.45, 2.75) is 26.4 Å². The van der Waals surface area contributed by atoms with E-state index in [9.17, 15) is 0 Å². The Hall–Kier alpha value is -1.91. The predicted molar refractivity (Wildman–Crippen MR) is 102 cm³/mol. The molecular formula is C20H24N2OS. The number of ether oxygens (including phenoxy) is 1. The lowest BCUT2D eigenvalue weighted by Gasteiger charge is -2.20. The minimum Gasteiger partial charge on any atom is -0.484 e. The molecule has 3 nitrogen and oxygen atoms in total. The molecule has 0 bridgehead atoms. The van der Waals surface area contributed by atoms with E-state index in [4.69, 9.17) is 4.74 Å². The summed E-state index contributed by atoms with van der Waals surface area (Å²) in [5.74, 6) is 1.59. The number of nitrogens with one attached hydrogen (secondary N) is 1. The molecule has 1 unspecified atom stereocenters. The molecule has 3 aromatic rings. The number of pyridine rings is 1. The SMILES string of the molecule is CC(C)CNCCC(Oc1cccc2cnccc12)c1cccs1. The fourth-order valence-electron chi connectivity index (χ4n) is 2.71. The van der Waals surface area contributed by atoms with E-state index in [0.717, 1.165) is 36.0 Å². The average Bonchev–Trinajstić information content (AvgIpc) is 3.12.